The number of nitrogens with zero attached hydrogens (tertiary/aromatic N) is 4. The largest absolute Gasteiger partial charge is 0.446 e. The lowest BCUT2D eigenvalue weighted by Crippen LogP contribution is -2.51. The number of fused-ring (bicyclic) bond motifs is 2. The Morgan fingerprint density at radius 1 is 0.661 bits per heavy atom. The number of piperidine rings is 1. The number of ether oxygens (including phenoxy) is 4. The molecular formula is C46H56N8O8. The molecule has 5 fully saturated rings. The SMILES string of the molecule is C[C@H](NC(=O)OC1CCOCC1)C(=O)N1CCC[C@H]1c1ncc(-c2ccc(-c3ccc(-c4cnc([C@H]5[C@H]6CC[C@@H](C6)N5C(=O)[C@@H](C)NC(=O)OC5CCOCC5)[nH]4)cc3)cc2)[nH]1. The van der Waals surface area contributed by atoms with Crippen molar-refractivity contribution in [3.05, 3.63) is 72.6 Å². The van der Waals surface area contributed by atoms with E-state index in [0.717, 1.165) is 77.4 Å². The van der Waals surface area contributed by atoms with Crippen molar-refractivity contribution in [2.75, 3.05) is 33.0 Å². The predicted molar refractivity (Wildman–Crippen MR) is 227 cm³/mol. The van der Waals surface area contributed by atoms with Crippen LogP contribution in [0.4, 0.5) is 9.59 Å². The quantitative estimate of drug-likeness (QED) is 0.131. The van der Waals surface area contributed by atoms with Crippen molar-refractivity contribution in [3.8, 4) is 33.6 Å². The van der Waals surface area contributed by atoms with Gasteiger partial charge < -0.3 is 49.3 Å². The fraction of sp³-hybridized carbons (Fsp3) is 0.522. The van der Waals surface area contributed by atoms with Crippen LogP contribution in [0.2, 0.25) is 0 Å². The van der Waals surface area contributed by atoms with E-state index >= 15 is 0 Å². The van der Waals surface area contributed by atoms with Gasteiger partial charge in [-0.1, -0.05) is 48.5 Å². The molecule has 2 aromatic heterocycles. The summed E-state index contributed by atoms with van der Waals surface area (Å²) in [7, 11) is 0. The molecule has 5 aliphatic rings. The van der Waals surface area contributed by atoms with Gasteiger partial charge in [0.1, 0.15) is 35.9 Å². The Morgan fingerprint density at radius 2 is 1.16 bits per heavy atom. The van der Waals surface area contributed by atoms with Gasteiger partial charge in [-0.2, -0.15) is 0 Å². The highest BCUT2D eigenvalue weighted by molar-refractivity contribution is 5.87. The molecule has 9 rings (SSSR count). The zero-order valence-electron chi connectivity index (χ0n) is 35.3. The van der Waals surface area contributed by atoms with Crippen LogP contribution in [0.25, 0.3) is 33.6 Å². The summed E-state index contributed by atoms with van der Waals surface area (Å²) in [5.41, 5.74) is 5.82. The van der Waals surface area contributed by atoms with E-state index in [-0.39, 0.29) is 42.1 Å². The molecule has 1 aliphatic carbocycles. The average molecular weight is 849 g/mol. The molecule has 16 nitrogen and oxygen atoms in total. The second-order valence-corrected chi connectivity index (χ2v) is 17.3. The van der Waals surface area contributed by atoms with Crippen LogP contribution >= 0.6 is 0 Å². The average Bonchev–Trinajstić information content (AvgIpc) is 4.16. The molecule has 4 N–H and O–H groups in total. The number of likely N-dealkylation sites (tertiary alicyclic amines) is 2. The van der Waals surface area contributed by atoms with E-state index in [9.17, 15) is 19.2 Å². The summed E-state index contributed by atoms with van der Waals surface area (Å²) >= 11 is 0. The van der Waals surface area contributed by atoms with Crippen molar-refractivity contribution in [2.24, 2.45) is 5.92 Å². The van der Waals surface area contributed by atoms with Crippen LogP contribution in [0.3, 0.4) is 0 Å². The molecule has 2 aromatic carbocycles. The monoisotopic (exact) mass is 848 g/mol. The molecule has 0 unspecified atom stereocenters. The summed E-state index contributed by atoms with van der Waals surface area (Å²) in [4.78, 5) is 72.7. The summed E-state index contributed by atoms with van der Waals surface area (Å²) in [5, 5.41) is 5.49. The Labute approximate surface area is 360 Å². The molecule has 6 heterocycles. The van der Waals surface area contributed by atoms with E-state index in [2.05, 4.69) is 74.1 Å². The maximum Gasteiger partial charge on any atom is 0.408 e. The first-order valence-electron chi connectivity index (χ1n) is 22.2. The van der Waals surface area contributed by atoms with Crippen molar-refractivity contribution in [2.45, 2.75) is 114 Å². The summed E-state index contributed by atoms with van der Waals surface area (Å²) in [6.07, 6.45) is 9.26. The number of carbonyl (C=O) groups is 4. The third-order valence-electron chi connectivity index (χ3n) is 13.2. The fourth-order valence-electron chi connectivity index (χ4n) is 9.85. The van der Waals surface area contributed by atoms with Gasteiger partial charge in [0, 0.05) is 38.3 Å². The summed E-state index contributed by atoms with van der Waals surface area (Å²) in [5.74, 6) is 1.51. The Morgan fingerprint density at radius 3 is 1.73 bits per heavy atom. The van der Waals surface area contributed by atoms with Crippen LogP contribution in [-0.4, -0.2) is 117 Å². The van der Waals surface area contributed by atoms with E-state index < -0.39 is 24.3 Å². The minimum absolute atomic E-state index is 0.120. The lowest BCUT2D eigenvalue weighted by Gasteiger charge is -2.36. The molecule has 6 atom stereocenters. The van der Waals surface area contributed by atoms with Gasteiger partial charge in [0.05, 0.1) is 62.3 Å². The maximum atomic E-state index is 13.8. The first kappa shape index (κ1) is 41.6. The highest BCUT2D eigenvalue weighted by Gasteiger charge is 2.51. The van der Waals surface area contributed by atoms with Gasteiger partial charge in [-0.15, -0.1) is 0 Å². The molecule has 4 saturated heterocycles. The van der Waals surface area contributed by atoms with Gasteiger partial charge in [0.2, 0.25) is 11.8 Å². The molecule has 4 aromatic rings. The van der Waals surface area contributed by atoms with Crippen molar-refractivity contribution in [1.29, 1.82) is 0 Å². The third kappa shape index (κ3) is 8.93. The summed E-state index contributed by atoms with van der Waals surface area (Å²) in [6, 6.07) is 14.9. The van der Waals surface area contributed by atoms with Crippen LogP contribution in [0, 0.1) is 5.92 Å². The number of alkyl carbamates (subject to hydrolysis) is 2. The number of carbonyl (C=O) groups excluding carboxylic acids is 4. The van der Waals surface area contributed by atoms with Gasteiger partial charge >= 0.3 is 12.2 Å². The number of aromatic nitrogens is 4. The normalized spacial score (nSPS) is 23.8. The van der Waals surface area contributed by atoms with Crippen LogP contribution in [0.15, 0.2) is 60.9 Å². The Kier molecular flexibility index (Phi) is 12.3. The number of hydrogen-bond acceptors (Lipinski definition) is 10. The second kappa shape index (κ2) is 18.3. The number of nitrogens with one attached hydrogen (secondary N) is 4. The zero-order valence-corrected chi connectivity index (χ0v) is 35.3. The summed E-state index contributed by atoms with van der Waals surface area (Å²) < 4.78 is 21.8. The standard InChI is InChI=1S/C46H56N8O8/c1-27(49-45(57)61-35-15-20-59-21-16-35)43(55)53-19-3-4-39(53)41-47-25-37(51-41)31-9-5-29(6-10-31)30-7-11-32(12-8-30)38-26-48-42(52-38)40-33-13-14-34(24-33)54(40)44(56)28(2)50-46(58)62-36-17-22-60-23-18-36/h5-12,25-28,33-36,39-40H,3-4,13-24H2,1-2H3,(H,47,51)(H,48,52)(H,49,57)(H,50,58)/t27-,28+,33-,34-,39-,40+/m0/s1. The molecule has 16 heteroatoms. The van der Waals surface area contributed by atoms with Gasteiger partial charge in [0.25, 0.3) is 0 Å². The van der Waals surface area contributed by atoms with Crippen molar-refractivity contribution >= 4 is 24.0 Å². The molecular weight excluding hydrogens is 793 g/mol. The molecule has 4 amide bonds. The van der Waals surface area contributed by atoms with E-state index in [4.69, 9.17) is 23.9 Å². The molecule has 328 valence electrons. The zero-order chi connectivity index (χ0) is 42.7. The number of hydrogen-bond donors (Lipinski definition) is 4. The molecule has 62 heavy (non-hydrogen) atoms. The highest BCUT2D eigenvalue weighted by atomic mass is 16.6. The van der Waals surface area contributed by atoms with Crippen molar-refractivity contribution in [3.63, 3.8) is 0 Å². The molecule has 0 spiro atoms. The van der Waals surface area contributed by atoms with Gasteiger partial charge in [-0.3, -0.25) is 9.59 Å². The van der Waals surface area contributed by atoms with E-state index in [1.807, 2.05) is 11.1 Å². The fourth-order valence-corrected chi connectivity index (χ4v) is 9.85. The van der Waals surface area contributed by atoms with E-state index in [1.165, 1.54) is 0 Å². The molecule has 4 aliphatic heterocycles. The van der Waals surface area contributed by atoms with Gasteiger partial charge in [-0.05, 0) is 74.1 Å². The topological polar surface area (TPSA) is 193 Å². The van der Waals surface area contributed by atoms with Crippen molar-refractivity contribution < 1.29 is 38.1 Å². The Hall–Kier alpha value is -5.74. The first-order valence-corrected chi connectivity index (χ1v) is 22.2. The number of benzene rings is 2. The number of rotatable bonds is 11. The lowest BCUT2D eigenvalue weighted by molar-refractivity contribution is -0.138. The number of H-pyrrole nitrogens is 2. The highest BCUT2D eigenvalue weighted by Crippen LogP contribution is 2.50. The van der Waals surface area contributed by atoms with Crippen LogP contribution in [-0.2, 0) is 28.5 Å². The number of imidazole rings is 2. The molecule has 0 radical (unpaired) electrons. The van der Waals surface area contributed by atoms with Gasteiger partial charge in [-0.25, -0.2) is 19.6 Å². The third-order valence-corrected chi connectivity index (χ3v) is 13.2. The predicted octanol–water partition coefficient (Wildman–Crippen LogP) is 6.44. The maximum absolute atomic E-state index is 13.8. The lowest BCUT2D eigenvalue weighted by atomic mass is 9.97. The van der Waals surface area contributed by atoms with Gasteiger partial charge in [0.15, 0.2) is 0 Å². The molecule has 1 saturated carbocycles. The number of amides is 4. The van der Waals surface area contributed by atoms with Crippen LogP contribution in [0.5, 0.6) is 0 Å². The smallest absolute Gasteiger partial charge is 0.408 e. The Balaban J connectivity index is 0.805. The van der Waals surface area contributed by atoms with Crippen molar-refractivity contribution in [1.82, 2.24) is 40.4 Å². The molecule has 2 bridgehead atoms. The minimum atomic E-state index is -0.730. The number of aromatic amines is 2. The Bertz CT molecular complexity index is 2210. The summed E-state index contributed by atoms with van der Waals surface area (Å²) in [6.45, 7) is 6.26. The van der Waals surface area contributed by atoms with E-state index in [0.29, 0.717) is 64.6 Å². The van der Waals surface area contributed by atoms with Crippen LogP contribution in [0.1, 0.15) is 95.4 Å². The van der Waals surface area contributed by atoms with E-state index in [1.54, 1.807) is 24.9 Å². The first-order chi connectivity index (χ1) is 30.2. The minimum Gasteiger partial charge on any atom is -0.446 e. The van der Waals surface area contributed by atoms with Crippen LogP contribution < -0.4 is 10.6 Å². The second-order valence-electron chi connectivity index (χ2n) is 17.3.